The molecule has 2 atom stereocenters. The van der Waals surface area contributed by atoms with Gasteiger partial charge in [0, 0.05) is 13.0 Å². The highest BCUT2D eigenvalue weighted by Gasteiger charge is 2.15. The Hall–Kier alpha value is -1.10. The van der Waals surface area contributed by atoms with Crippen LogP contribution in [0.15, 0.2) is 0 Å². The van der Waals surface area contributed by atoms with Crippen LogP contribution in [0.25, 0.3) is 0 Å². The number of piperidine rings is 1. The minimum absolute atomic E-state index is 0.0383. The average molecular weight is 242 g/mol. The number of hydrogen-bond donors (Lipinski definition) is 3. The van der Waals surface area contributed by atoms with Gasteiger partial charge in [0.25, 0.3) is 0 Å². The Morgan fingerprint density at radius 3 is 2.88 bits per heavy atom. The third-order valence-corrected chi connectivity index (χ3v) is 3.21. The highest BCUT2D eigenvalue weighted by Crippen LogP contribution is 2.15. The van der Waals surface area contributed by atoms with Gasteiger partial charge in [-0.1, -0.05) is 6.92 Å². The van der Waals surface area contributed by atoms with Crippen molar-refractivity contribution in [2.24, 2.45) is 11.8 Å². The molecule has 0 aliphatic carbocycles. The van der Waals surface area contributed by atoms with Crippen molar-refractivity contribution >= 4 is 11.9 Å². The molecule has 0 aromatic heterocycles. The summed E-state index contributed by atoms with van der Waals surface area (Å²) in [4.78, 5) is 22.0. The lowest BCUT2D eigenvalue weighted by atomic mass is 9.94. The first-order valence-electron chi connectivity index (χ1n) is 6.30. The number of carboxylic acid groups (broad SMARTS) is 1. The standard InChI is InChI=1S/C12H22N2O3/c1-9(12(16)17)7-14-11(15)5-4-10-3-2-6-13-8-10/h9-10,13H,2-8H2,1H3,(H,14,15)(H,16,17). The monoisotopic (exact) mass is 242 g/mol. The van der Waals surface area contributed by atoms with Crippen LogP contribution in [0, 0.1) is 11.8 Å². The quantitative estimate of drug-likeness (QED) is 0.637. The third-order valence-electron chi connectivity index (χ3n) is 3.21. The molecule has 1 saturated heterocycles. The number of carbonyl (C=O) groups is 2. The van der Waals surface area contributed by atoms with Crippen molar-refractivity contribution in [3.63, 3.8) is 0 Å². The summed E-state index contributed by atoms with van der Waals surface area (Å²) in [7, 11) is 0. The molecular formula is C12H22N2O3. The smallest absolute Gasteiger partial charge is 0.308 e. The van der Waals surface area contributed by atoms with Crippen molar-refractivity contribution in [1.82, 2.24) is 10.6 Å². The second kappa shape index (κ2) is 7.27. The van der Waals surface area contributed by atoms with Crippen molar-refractivity contribution in [2.45, 2.75) is 32.6 Å². The van der Waals surface area contributed by atoms with E-state index in [0.717, 1.165) is 19.5 Å². The van der Waals surface area contributed by atoms with Gasteiger partial charge in [0.1, 0.15) is 0 Å². The van der Waals surface area contributed by atoms with E-state index in [4.69, 9.17) is 5.11 Å². The Labute approximate surface area is 102 Å². The maximum Gasteiger partial charge on any atom is 0.308 e. The molecule has 0 aromatic rings. The summed E-state index contributed by atoms with van der Waals surface area (Å²) in [6.07, 6.45) is 3.76. The van der Waals surface area contributed by atoms with Crippen molar-refractivity contribution in [3.05, 3.63) is 0 Å². The van der Waals surface area contributed by atoms with Crippen LogP contribution in [0.2, 0.25) is 0 Å². The van der Waals surface area contributed by atoms with E-state index in [1.807, 2.05) is 0 Å². The van der Waals surface area contributed by atoms with Crippen LogP contribution < -0.4 is 10.6 Å². The molecule has 0 radical (unpaired) electrons. The highest BCUT2D eigenvalue weighted by molar-refractivity contribution is 5.77. The lowest BCUT2D eigenvalue weighted by Gasteiger charge is -2.22. The number of hydrogen-bond acceptors (Lipinski definition) is 3. The number of amides is 1. The molecule has 0 saturated carbocycles. The fourth-order valence-corrected chi connectivity index (χ4v) is 1.95. The lowest BCUT2D eigenvalue weighted by molar-refractivity contribution is -0.141. The van der Waals surface area contributed by atoms with E-state index >= 15 is 0 Å². The van der Waals surface area contributed by atoms with Gasteiger partial charge in [-0.05, 0) is 38.3 Å². The van der Waals surface area contributed by atoms with Crippen LogP contribution in [0.4, 0.5) is 0 Å². The van der Waals surface area contributed by atoms with Gasteiger partial charge in [-0.15, -0.1) is 0 Å². The Balaban J connectivity index is 2.10. The second-order valence-electron chi connectivity index (χ2n) is 4.79. The zero-order valence-corrected chi connectivity index (χ0v) is 10.4. The molecule has 1 aliphatic rings. The number of rotatable bonds is 6. The van der Waals surface area contributed by atoms with Crippen LogP contribution in [0.3, 0.4) is 0 Å². The number of carboxylic acids is 1. The number of nitrogens with one attached hydrogen (secondary N) is 2. The van der Waals surface area contributed by atoms with Crippen molar-refractivity contribution < 1.29 is 14.7 Å². The Morgan fingerprint density at radius 2 is 2.29 bits per heavy atom. The molecule has 0 aromatic carbocycles. The minimum Gasteiger partial charge on any atom is -0.481 e. The molecule has 1 fully saturated rings. The molecule has 1 aliphatic heterocycles. The highest BCUT2D eigenvalue weighted by atomic mass is 16.4. The van der Waals surface area contributed by atoms with Crippen LogP contribution in [-0.2, 0) is 9.59 Å². The number of carbonyl (C=O) groups excluding carboxylic acids is 1. The summed E-state index contributed by atoms with van der Waals surface area (Å²) >= 11 is 0. The first-order chi connectivity index (χ1) is 8.09. The molecule has 3 N–H and O–H groups in total. The van der Waals surface area contributed by atoms with E-state index in [0.29, 0.717) is 12.3 Å². The van der Waals surface area contributed by atoms with E-state index in [2.05, 4.69) is 10.6 Å². The Kier molecular flexibility index (Phi) is 5.97. The van der Waals surface area contributed by atoms with Crippen molar-refractivity contribution in [2.75, 3.05) is 19.6 Å². The molecule has 5 heteroatoms. The molecule has 2 unspecified atom stereocenters. The second-order valence-corrected chi connectivity index (χ2v) is 4.79. The van der Waals surface area contributed by atoms with Gasteiger partial charge >= 0.3 is 5.97 Å². The SMILES string of the molecule is CC(CNC(=O)CCC1CCCNC1)C(=O)O. The molecule has 17 heavy (non-hydrogen) atoms. The summed E-state index contributed by atoms with van der Waals surface area (Å²) in [6, 6.07) is 0. The summed E-state index contributed by atoms with van der Waals surface area (Å²) < 4.78 is 0. The van der Waals surface area contributed by atoms with E-state index in [1.165, 1.54) is 12.8 Å². The van der Waals surface area contributed by atoms with Crippen LogP contribution in [-0.4, -0.2) is 36.6 Å². The van der Waals surface area contributed by atoms with E-state index in [-0.39, 0.29) is 12.5 Å². The topological polar surface area (TPSA) is 78.4 Å². The van der Waals surface area contributed by atoms with Gasteiger partial charge < -0.3 is 15.7 Å². The fourth-order valence-electron chi connectivity index (χ4n) is 1.95. The normalized spacial score (nSPS) is 21.8. The molecular weight excluding hydrogens is 220 g/mol. The van der Waals surface area contributed by atoms with Gasteiger partial charge in [-0.3, -0.25) is 9.59 Å². The summed E-state index contributed by atoms with van der Waals surface area (Å²) in [6.45, 7) is 3.89. The van der Waals surface area contributed by atoms with E-state index in [9.17, 15) is 9.59 Å². The maximum absolute atomic E-state index is 11.5. The van der Waals surface area contributed by atoms with Crippen LogP contribution >= 0.6 is 0 Å². The molecule has 5 nitrogen and oxygen atoms in total. The Morgan fingerprint density at radius 1 is 1.53 bits per heavy atom. The van der Waals surface area contributed by atoms with Crippen molar-refractivity contribution in [1.29, 1.82) is 0 Å². The zero-order chi connectivity index (χ0) is 12.7. The predicted octanol–water partition coefficient (Wildman–Crippen LogP) is 0.603. The van der Waals surface area contributed by atoms with Gasteiger partial charge in [0.15, 0.2) is 0 Å². The first-order valence-corrected chi connectivity index (χ1v) is 6.30. The number of aliphatic carboxylic acids is 1. The summed E-state index contributed by atoms with van der Waals surface area (Å²) in [5.74, 6) is -0.841. The fraction of sp³-hybridized carbons (Fsp3) is 0.833. The summed E-state index contributed by atoms with van der Waals surface area (Å²) in [5, 5.41) is 14.6. The Bertz CT molecular complexity index is 262. The van der Waals surface area contributed by atoms with Gasteiger partial charge in [0.05, 0.1) is 5.92 Å². The van der Waals surface area contributed by atoms with Crippen LogP contribution in [0.1, 0.15) is 32.6 Å². The minimum atomic E-state index is -0.873. The molecule has 0 bridgehead atoms. The van der Waals surface area contributed by atoms with Crippen LogP contribution in [0.5, 0.6) is 0 Å². The van der Waals surface area contributed by atoms with Crippen molar-refractivity contribution in [3.8, 4) is 0 Å². The zero-order valence-electron chi connectivity index (χ0n) is 10.4. The predicted molar refractivity (Wildman–Crippen MR) is 64.6 cm³/mol. The largest absolute Gasteiger partial charge is 0.481 e. The molecule has 1 heterocycles. The average Bonchev–Trinajstić information content (AvgIpc) is 2.34. The lowest BCUT2D eigenvalue weighted by Crippen LogP contribution is -2.33. The first kappa shape index (κ1) is 14.0. The third kappa shape index (κ3) is 5.68. The van der Waals surface area contributed by atoms with Gasteiger partial charge in [-0.2, -0.15) is 0 Å². The van der Waals surface area contributed by atoms with Gasteiger partial charge in [0.2, 0.25) is 5.91 Å². The molecule has 98 valence electrons. The maximum atomic E-state index is 11.5. The van der Waals surface area contributed by atoms with Gasteiger partial charge in [-0.25, -0.2) is 0 Å². The molecule has 1 amide bonds. The van der Waals surface area contributed by atoms with E-state index in [1.54, 1.807) is 6.92 Å². The molecule has 1 rings (SSSR count). The summed E-state index contributed by atoms with van der Waals surface area (Å²) in [5.41, 5.74) is 0. The van der Waals surface area contributed by atoms with E-state index < -0.39 is 11.9 Å². The molecule has 0 spiro atoms.